The van der Waals surface area contributed by atoms with Crippen LogP contribution in [0.2, 0.25) is 0 Å². The SMILES string of the molecule is CCCc1cc(C(=O)c2ccc(OC)cc2)ccc1Oc1cccc(Cn2c(O)c(C)oc2=O)c1. The molecule has 0 unspecified atom stereocenters. The molecule has 1 heterocycles. The van der Waals surface area contributed by atoms with Gasteiger partial charge in [-0.3, -0.25) is 4.79 Å². The second-order valence-electron chi connectivity index (χ2n) is 8.21. The van der Waals surface area contributed by atoms with Gasteiger partial charge in [0.1, 0.15) is 17.2 Å². The van der Waals surface area contributed by atoms with Crippen LogP contribution in [0.1, 0.15) is 46.2 Å². The van der Waals surface area contributed by atoms with E-state index in [0.29, 0.717) is 28.4 Å². The minimum Gasteiger partial charge on any atom is -0.497 e. The van der Waals surface area contributed by atoms with Crippen LogP contribution in [0.25, 0.3) is 0 Å². The van der Waals surface area contributed by atoms with Crippen molar-refractivity contribution in [1.82, 2.24) is 4.57 Å². The highest BCUT2D eigenvalue weighted by Gasteiger charge is 2.15. The zero-order chi connectivity index (χ0) is 24.9. The predicted octanol–water partition coefficient (Wildman–Crippen LogP) is 5.49. The van der Waals surface area contributed by atoms with Crippen LogP contribution in [0.15, 0.2) is 75.9 Å². The summed E-state index contributed by atoms with van der Waals surface area (Å²) >= 11 is 0. The van der Waals surface area contributed by atoms with Crippen LogP contribution in [0.5, 0.6) is 23.1 Å². The van der Waals surface area contributed by atoms with Crippen LogP contribution in [0.3, 0.4) is 0 Å². The summed E-state index contributed by atoms with van der Waals surface area (Å²) < 4.78 is 17.5. The number of carbonyl (C=O) groups excluding carboxylic acids is 1. The Morgan fingerprint density at radius 3 is 2.40 bits per heavy atom. The van der Waals surface area contributed by atoms with Crippen LogP contribution < -0.4 is 15.2 Å². The third-order valence-electron chi connectivity index (χ3n) is 5.69. The third kappa shape index (κ3) is 5.30. The Hall–Kier alpha value is -4.26. The van der Waals surface area contributed by atoms with Crippen molar-refractivity contribution in [3.05, 3.63) is 105 Å². The van der Waals surface area contributed by atoms with Gasteiger partial charge in [0.25, 0.3) is 0 Å². The molecule has 35 heavy (non-hydrogen) atoms. The first-order chi connectivity index (χ1) is 16.9. The van der Waals surface area contributed by atoms with Crippen molar-refractivity contribution in [2.24, 2.45) is 0 Å². The maximum absolute atomic E-state index is 13.0. The van der Waals surface area contributed by atoms with Crippen molar-refractivity contribution in [2.75, 3.05) is 7.11 Å². The van der Waals surface area contributed by atoms with Gasteiger partial charge in [0.2, 0.25) is 5.88 Å². The summed E-state index contributed by atoms with van der Waals surface area (Å²) in [6, 6.07) is 19.8. The van der Waals surface area contributed by atoms with E-state index in [2.05, 4.69) is 6.92 Å². The van der Waals surface area contributed by atoms with Crippen molar-refractivity contribution < 1.29 is 23.8 Å². The predicted molar refractivity (Wildman–Crippen MR) is 132 cm³/mol. The molecule has 0 aliphatic heterocycles. The number of hydrogen-bond acceptors (Lipinski definition) is 6. The van der Waals surface area contributed by atoms with Gasteiger partial charge >= 0.3 is 5.76 Å². The topological polar surface area (TPSA) is 90.9 Å². The van der Waals surface area contributed by atoms with E-state index < -0.39 is 5.76 Å². The van der Waals surface area contributed by atoms with Gasteiger partial charge in [-0.2, -0.15) is 0 Å². The summed E-state index contributed by atoms with van der Waals surface area (Å²) in [6.07, 6.45) is 1.63. The van der Waals surface area contributed by atoms with Gasteiger partial charge in [0.05, 0.1) is 13.7 Å². The molecular weight excluding hydrogens is 446 g/mol. The van der Waals surface area contributed by atoms with Crippen molar-refractivity contribution in [1.29, 1.82) is 0 Å². The van der Waals surface area contributed by atoms with Gasteiger partial charge in [0.15, 0.2) is 11.5 Å². The van der Waals surface area contributed by atoms with Gasteiger partial charge < -0.3 is 19.0 Å². The van der Waals surface area contributed by atoms with Crippen LogP contribution in [0, 0.1) is 6.92 Å². The largest absolute Gasteiger partial charge is 0.497 e. The first-order valence-corrected chi connectivity index (χ1v) is 11.4. The number of aromatic nitrogens is 1. The monoisotopic (exact) mass is 473 g/mol. The third-order valence-corrected chi connectivity index (χ3v) is 5.69. The molecule has 0 aliphatic carbocycles. The highest BCUT2D eigenvalue weighted by atomic mass is 16.5. The van der Waals surface area contributed by atoms with Gasteiger partial charge in [-0.05, 0) is 79.1 Å². The molecule has 1 N–H and O–H groups in total. The molecule has 180 valence electrons. The zero-order valence-corrected chi connectivity index (χ0v) is 19.9. The van der Waals surface area contributed by atoms with Crippen LogP contribution >= 0.6 is 0 Å². The number of carbonyl (C=O) groups is 1. The van der Waals surface area contributed by atoms with Crippen molar-refractivity contribution in [3.63, 3.8) is 0 Å². The lowest BCUT2D eigenvalue weighted by molar-refractivity contribution is 0.103. The maximum Gasteiger partial charge on any atom is 0.422 e. The number of aryl methyl sites for hydroxylation is 2. The van der Waals surface area contributed by atoms with Gasteiger partial charge in [-0.1, -0.05) is 25.5 Å². The molecule has 1 aromatic heterocycles. The number of hydrogen-bond donors (Lipinski definition) is 1. The van der Waals surface area contributed by atoms with E-state index in [0.717, 1.165) is 28.5 Å². The quantitative estimate of drug-likeness (QED) is 0.323. The van der Waals surface area contributed by atoms with E-state index in [9.17, 15) is 14.7 Å². The van der Waals surface area contributed by atoms with Gasteiger partial charge in [0, 0.05) is 11.1 Å². The summed E-state index contributed by atoms with van der Waals surface area (Å²) in [4.78, 5) is 25.0. The average molecular weight is 474 g/mol. The van der Waals surface area contributed by atoms with Gasteiger partial charge in [-0.15, -0.1) is 0 Å². The van der Waals surface area contributed by atoms with Crippen LogP contribution in [0.4, 0.5) is 0 Å². The molecule has 0 fully saturated rings. The zero-order valence-electron chi connectivity index (χ0n) is 19.9. The molecule has 3 aromatic carbocycles. The fourth-order valence-electron chi connectivity index (χ4n) is 3.86. The molecule has 4 rings (SSSR count). The second-order valence-corrected chi connectivity index (χ2v) is 8.21. The number of rotatable bonds is 9. The Morgan fingerprint density at radius 1 is 1.00 bits per heavy atom. The molecule has 0 amide bonds. The molecule has 7 nitrogen and oxygen atoms in total. The molecule has 7 heteroatoms. The number of oxazole rings is 1. The van der Waals surface area contributed by atoms with Crippen molar-refractivity contribution in [3.8, 4) is 23.1 Å². The Morgan fingerprint density at radius 2 is 1.74 bits per heavy atom. The fourth-order valence-corrected chi connectivity index (χ4v) is 3.86. The lowest BCUT2D eigenvalue weighted by Crippen LogP contribution is -2.14. The van der Waals surface area contributed by atoms with E-state index in [4.69, 9.17) is 13.9 Å². The summed E-state index contributed by atoms with van der Waals surface area (Å²) in [5.41, 5.74) is 2.87. The normalized spacial score (nSPS) is 10.8. The molecule has 4 aromatic rings. The Kier molecular flexibility index (Phi) is 7.06. The van der Waals surface area contributed by atoms with Crippen LogP contribution in [-0.2, 0) is 13.0 Å². The number of nitrogens with zero attached hydrogens (tertiary/aromatic N) is 1. The van der Waals surface area contributed by atoms with Crippen LogP contribution in [-0.4, -0.2) is 22.6 Å². The first-order valence-electron chi connectivity index (χ1n) is 11.4. The number of benzene rings is 3. The molecule has 0 radical (unpaired) electrons. The minimum atomic E-state index is -0.617. The molecule has 0 aliphatic rings. The maximum atomic E-state index is 13.0. The number of methoxy groups -OCH3 is 1. The Balaban J connectivity index is 1.57. The molecule has 0 bridgehead atoms. The molecule has 0 atom stereocenters. The Labute approximate surface area is 203 Å². The highest BCUT2D eigenvalue weighted by Crippen LogP contribution is 2.29. The average Bonchev–Trinajstić information content (AvgIpc) is 3.11. The standard InChI is InChI=1S/C28H27NO6/c1-4-6-21-16-22(26(30)20-9-12-23(33-3)13-10-20)11-14-25(21)35-24-8-5-7-19(15-24)17-29-27(31)18(2)34-28(29)32/h5,7-16,31H,4,6,17H2,1-3H3. The van der Waals surface area contributed by atoms with Crippen molar-refractivity contribution in [2.45, 2.75) is 33.2 Å². The summed E-state index contributed by atoms with van der Waals surface area (Å²) in [7, 11) is 1.59. The molecule has 0 spiro atoms. The van der Waals surface area contributed by atoms with Crippen molar-refractivity contribution >= 4 is 5.78 Å². The number of ketones is 1. The highest BCUT2D eigenvalue weighted by molar-refractivity contribution is 6.09. The summed E-state index contributed by atoms with van der Waals surface area (Å²) in [6.45, 7) is 3.75. The second kappa shape index (κ2) is 10.3. The molecule has 0 saturated heterocycles. The number of ether oxygens (including phenoxy) is 2. The summed E-state index contributed by atoms with van der Waals surface area (Å²) in [5.74, 6) is 1.24. The molecular formula is C28H27NO6. The fraction of sp³-hybridized carbons (Fsp3) is 0.214. The molecule has 0 saturated carbocycles. The first kappa shape index (κ1) is 23.9. The smallest absolute Gasteiger partial charge is 0.422 e. The number of aromatic hydroxyl groups is 1. The summed E-state index contributed by atoms with van der Waals surface area (Å²) in [5, 5.41) is 10.1. The lowest BCUT2D eigenvalue weighted by atomic mass is 9.99. The van der Waals surface area contributed by atoms with Gasteiger partial charge in [-0.25, -0.2) is 9.36 Å². The van der Waals surface area contributed by atoms with E-state index in [-0.39, 0.29) is 24.0 Å². The minimum absolute atomic E-state index is 0.0702. The van der Waals surface area contributed by atoms with E-state index in [1.165, 1.54) is 6.92 Å². The van der Waals surface area contributed by atoms with E-state index in [1.54, 1.807) is 43.5 Å². The van der Waals surface area contributed by atoms with E-state index >= 15 is 0 Å². The Bertz CT molecular complexity index is 1400. The lowest BCUT2D eigenvalue weighted by Gasteiger charge is -2.13. The van der Waals surface area contributed by atoms with E-state index in [1.807, 2.05) is 30.3 Å².